The van der Waals surface area contributed by atoms with Gasteiger partial charge in [-0.2, -0.15) is 5.26 Å². The molecule has 0 spiro atoms. The van der Waals surface area contributed by atoms with Crippen molar-refractivity contribution in [2.45, 2.75) is 13.8 Å². The van der Waals surface area contributed by atoms with Crippen LogP contribution in [0.5, 0.6) is 0 Å². The van der Waals surface area contributed by atoms with Crippen LogP contribution in [0.4, 0.5) is 11.4 Å². The van der Waals surface area contributed by atoms with Crippen LogP contribution in [0.2, 0.25) is 0 Å². The molecule has 3 rings (SSSR count). The van der Waals surface area contributed by atoms with E-state index in [-0.39, 0.29) is 11.6 Å². The van der Waals surface area contributed by atoms with E-state index < -0.39 is 0 Å². The van der Waals surface area contributed by atoms with E-state index in [4.69, 9.17) is 20.8 Å². The van der Waals surface area contributed by atoms with Crippen molar-refractivity contribution >= 4 is 23.0 Å². The average Bonchev–Trinajstić information content (AvgIpc) is 3.18. The Morgan fingerprint density at radius 1 is 1.22 bits per heavy atom. The number of hydrogen-bond donors (Lipinski definition) is 3. The number of anilines is 2. The number of nitrogens with two attached hydrogens (primary N) is 1. The van der Waals surface area contributed by atoms with Gasteiger partial charge in [0.1, 0.15) is 0 Å². The first-order valence-electron chi connectivity index (χ1n) is 8.25. The minimum absolute atomic E-state index is 0.211. The highest BCUT2D eigenvalue weighted by molar-refractivity contribution is 6.15. The largest absolute Gasteiger partial charge is 0.472 e. The fourth-order valence-electron chi connectivity index (χ4n) is 2.84. The summed E-state index contributed by atoms with van der Waals surface area (Å²) in [7, 11) is 0. The number of nitriles is 1. The second kappa shape index (κ2) is 7.18. The Balaban J connectivity index is 1.96. The topological polar surface area (TPSA) is 116 Å². The molecule has 0 atom stereocenters. The van der Waals surface area contributed by atoms with Crippen molar-refractivity contribution in [3.05, 3.63) is 82.3 Å². The molecule has 0 bridgehead atoms. The predicted molar refractivity (Wildman–Crippen MR) is 104 cm³/mol. The van der Waals surface area contributed by atoms with Gasteiger partial charge in [0.15, 0.2) is 0 Å². The van der Waals surface area contributed by atoms with Crippen LogP contribution in [-0.2, 0) is 0 Å². The average molecular weight is 358 g/mol. The Hall–Kier alpha value is -3.85. The third-order valence-corrected chi connectivity index (χ3v) is 4.42. The summed E-state index contributed by atoms with van der Waals surface area (Å²) >= 11 is 0. The number of hydrogen-bond acceptors (Lipinski definition) is 5. The number of benzene rings is 2. The number of nitrogen functional groups attached to an aromatic ring is 1. The zero-order chi connectivity index (χ0) is 19.6. The summed E-state index contributed by atoms with van der Waals surface area (Å²) in [6.45, 7) is 3.56. The van der Waals surface area contributed by atoms with Crippen molar-refractivity contribution in [1.29, 1.82) is 10.7 Å². The summed E-state index contributed by atoms with van der Waals surface area (Å²) < 4.78 is 5.04. The number of carbonyl (C=O) groups is 1. The Morgan fingerprint density at radius 3 is 2.67 bits per heavy atom. The van der Waals surface area contributed by atoms with Gasteiger partial charge >= 0.3 is 0 Å². The number of nitrogens with one attached hydrogen (secondary N) is 2. The third kappa shape index (κ3) is 3.44. The first-order chi connectivity index (χ1) is 12.9. The van der Waals surface area contributed by atoms with Gasteiger partial charge < -0.3 is 15.5 Å². The van der Waals surface area contributed by atoms with Gasteiger partial charge in [0.05, 0.1) is 29.9 Å². The smallest absolute Gasteiger partial charge is 0.255 e. The summed E-state index contributed by atoms with van der Waals surface area (Å²) in [5, 5.41) is 20.3. The summed E-state index contributed by atoms with van der Waals surface area (Å²) in [6, 6.07) is 12.2. The molecule has 0 radical (unpaired) electrons. The summed E-state index contributed by atoms with van der Waals surface area (Å²) in [6.07, 6.45) is 2.96. The first kappa shape index (κ1) is 18.0. The lowest BCUT2D eigenvalue weighted by atomic mass is 9.99. The molecule has 1 heterocycles. The number of furan rings is 1. The molecule has 0 unspecified atom stereocenters. The highest BCUT2D eigenvalue weighted by atomic mass is 16.3. The number of carbonyl (C=O) groups excluding carboxylic acids is 1. The molecule has 0 aliphatic rings. The SMILES string of the molecule is Cc1cc(NC(=O)c2cccc(C#N)c2C)cc(C(=N)c2ccoc2)c1N. The molecule has 1 amide bonds. The minimum atomic E-state index is -0.324. The Kier molecular flexibility index (Phi) is 4.77. The van der Waals surface area contributed by atoms with Crippen molar-refractivity contribution in [2.75, 3.05) is 11.1 Å². The zero-order valence-electron chi connectivity index (χ0n) is 15.0. The molecule has 0 saturated carbocycles. The van der Waals surface area contributed by atoms with Gasteiger partial charge in [0.2, 0.25) is 0 Å². The zero-order valence-corrected chi connectivity index (χ0v) is 15.0. The molecule has 1 aromatic heterocycles. The van der Waals surface area contributed by atoms with Crippen LogP contribution in [0, 0.1) is 30.6 Å². The van der Waals surface area contributed by atoms with Gasteiger partial charge in [0.25, 0.3) is 5.91 Å². The van der Waals surface area contributed by atoms with Gasteiger partial charge in [-0.05, 0) is 55.3 Å². The second-order valence-corrected chi connectivity index (χ2v) is 6.19. The van der Waals surface area contributed by atoms with Gasteiger partial charge in [-0.1, -0.05) is 6.07 Å². The summed E-state index contributed by atoms with van der Waals surface area (Å²) in [5.41, 5.74) is 10.7. The van der Waals surface area contributed by atoms with Crippen molar-refractivity contribution in [3.8, 4) is 6.07 Å². The highest BCUT2D eigenvalue weighted by Gasteiger charge is 2.16. The minimum Gasteiger partial charge on any atom is -0.472 e. The molecule has 27 heavy (non-hydrogen) atoms. The highest BCUT2D eigenvalue weighted by Crippen LogP contribution is 2.26. The maximum Gasteiger partial charge on any atom is 0.255 e. The maximum absolute atomic E-state index is 12.7. The Morgan fingerprint density at radius 2 is 2.00 bits per heavy atom. The van der Waals surface area contributed by atoms with Crippen LogP contribution >= 0.6 is 0 Å². The van der Waals surface area contributed by atoms with E-state index in [1.807, 2.05) is 6.92 Å². The van der Waals surface area contributed by atoms with E-state index in [9.17, 15) is 4.79 Å². The normalized spacial score (nSPS) is 10.3. The van der Waals surface area contributed by atoms with Gasteiger partial charge in [-0.25, -0.2) is 0 Å². The molecule has 6 heteroatoms. The predicted octanol–water partition coefficient (Wildman–Crippen LogP) is 4.02. The molecule has 0 fully saturated rings. The van der Waals surface area contributed by atoms with Gasteiger partial charge in [0, 0.05) is 28.1 Å². The number of amides is 1. The molecule has 0 aliphatic heterocycles. The third-order valence-electron chi connectivity index (χ3n) is 4.42. The van der Waals surface area contributed by atoms with Crippen LogP contribution in [0.3, 0.4) is 0 Å². The summed E-state index contributed by atoms with van der Waals surface area (Å²) in [4.78, 5) is 12.7. The van der Waals surface area contributed by atoms with Crippen molar-refractivity contribution in [2.24, 2.45) is 0 Å². The molecule has 6 nitrogen and oxygen atoms in total. The van der Waals surface area contributed by atoms with E-state index in [1.54, 1.807) is 43.3 Å². The molecule has 0 saturated heterocycles. The monoisotopic (exact) mass is 358 g/mol. The van der Waals surface area contributed by atoms with Crippen molar-refractivity contribution < 1.29 is 9.21 Å². The van der Waals surface area contributed by atoms with E-state index in [1.165, 1.54) is 12.5 Å². The maximum atomic E-state index is 12.7. The molecule has 3 aromatic rings. The fraction of sp³-hybridized carbons (Fsp3) is 0.0952. The number of aryl methyl sites for hydroxylation is 1. The number of rotatable bonds is 4. The number of nitrogens with zero attached hydrogens (tertiary/aromatic N) is 1. The molecular formula is C21H18N4O2. The van der Waals surface area contributed by atoms with Crippen LogP contribution in [0.1, 0.15) is 38.2 Å². The van der Waals surface area contributed by atoms with Crippen LogP contribution in [-0.4, -0.2) is 11.6 Å². The van der Waals surface area contributed by atoms with E-state index in [2.05, 4.69) is 11.4 Å². The summed E-state index contributed by atoms with van der Waals surface area (Å²) in [5.74, 6) is -0.324. The quantitative estimate of drug-likeness (QED) is 0.482. The van der Waals surface area contributed by atoms with E-state index >= 15 is 0 Å². The van der Waals surface area contributed by atoms with Crippen LogP contribution < -0.4 is 11.1 Å². The first-order valence-corrected chi connectivity index (χ1v) is 8.25. The molecule has 134 valence electrons. The fourth-order valence-corrected chi connectivity index (χ4v) is 2.84. The Labute approximate surface area is 156 Å². The van der Waals surface area contributed by atoms with Gasteiger partial charge in [-0.3, -0.25) is 10.2 Å². The van der Waals surface area contributed by atoms with Crippen molar-refractivity contribution in [1.82, 2.24) is 0 Å². The lowest BCUT2D eigenvalue weighted by molar-refractivity contribution is 0.102. The molecular weight excluding hydrogens is 340 g/mol. The lowest BCUT2D eigenvalue weighted by Crippen LogP contribution is -2.15. The van der Waals surface area contributed by atoms with E-state index in [0.29, 0.717) is 39.2 Å². The van der Waals surface area contributed by atoms with Gasteiger partial charge in [-0.15, -0.1) is 0 Å². The second-order valence-electron chi connectivity index (χ2n) is 6.19. The van der Waals surface area contributed by atoms with E-state index in [0.717, 1.165) is 5.56 Å². The molecule has 2 aromatic carbocycles. The standard InChI is InChI=1S/C21H18N4O2/c1-12-8-16(9-18(19(12)23)20(24)15-6-7-27-11-15)25-21(26)17-5-3-4-14(10-22)13(17)2/h3-9,11,24H,23H2,1-2H3,(H,25,26). The van der Waals surface area contributed by atoms with Crippen LogP contribution in [0.25, 0.3) is 0 Å². The van der Waals surface area contributed by atoms with Crippen molar-refractivity contribution in [3.63, 3.8) is 0 Å². The molecule has 0 aliphatic carbocycles. The lowest BCUT2D eigenvalue weighted by Gasteiger charge is -2.14. The Bertz CT molecular complexity index is 1080. The van der Waals surface area contributed by atoms with Crippen LogP contribution in [0.15, 0.2) is 53.3 Å². The molecule has 4 N–H and O–H groups in total.